The van der Waals surface area contributed by atoms with E-state index in [2.05, 4.69) is 50.5 Å². The maximum atomic E-state index is 12.7. The molecule has 1 aliphatic rings. The number of piperidine rings is 1. The zero-order valence-corrected chi connectivity index (χ0v) is 16.1. The van der Waals surface area contributed by atoms with Gasteiger partial charge in [-0.15, -0.1) is 0 Å². The average molecular weight is 378 g/mol. The molecule has 4 rings (SSSR count). The molecule has 0 aliphatic carbocycles. The molecule has 1 saturated heterocycles. The van der Waals surface area contributed by atoms with Crippen LogP contribution in [0.25, 0.3) is 11.0 Å². The molecule has 0 radical (unpaired) electrons. The van der Waals surface area contributed by atoms with Gasteiger partial charge in [0.05, 0.1) is 17.1 Å². The van der Waals surface area contributed by atoms with Crippen molar-refractivity contribution in [2.45, 2.75) is 32.2 Å². The number of hydrogen-bond acceptors (Lipinski definition) is 3. The first kappa shape index (κ1) is 18.5. The normalized spacial score (nSPS) is 16.9. The summed E-state index contributed by atoms with van der Waals surface area (Å²) >= 11 is 0. The number of carbonyl (C=O) groups excluding carboxylic acids is 1. The standard InChI is InChI=1S/C22H26N4O2/c1-15(21(27)23-18-7-8-19-20(14-18)25-22(28)24-19)26-11-9-17(10-12-26)13-16-5-3-2-4-6-16/h2-8,14-15,17H,9-13H2,1H3,(H,23,27)(H2,24,25,28)/t15-/m1/s1. The molecule has 6 heteroatoms. The van der Waals surface area contributed by atoms with Gasteiger partial charge in [-0.1, -0.05) is 30.3 Å². The number of likely N-dealkylation sites (tertiary alicyclic amines) is 1. The summed E-state index contributed by atoms with van der Waals surface area (Å²) in [5.74, 6) is 0.667. The second kappa shape index (κ2) is 8.02. The summed E-state index contributed by atoms with van der Waals surface area (Å²) in [6.45, 7) is 3.84. The lowest BCUT2D eigenvalue weighted by atomic mass is 9.89. The quantitative estimate of drug-likeness (QED) is 0.638. The first-order chi connectivity index (χ1) is 13.6. The summed E-state index contributed by atoms with van der Waals surface area (Å²) in [7, 11) is 0. The van der Waals surface area contributed by atoms with Gasteiger partial charge in [0.25, 0.3) is 0 Å². The summed E-state index contributed by atoms with van der Waals surface area (Å²) in [5, 5.41) is 2.97. The maximum absolute atomic E-state index is 12.7. The van der Waals surface area contributed by atoms with Crippen LogP contribution in [-0.4, -0.2) is 39.9 Å². The van der Waals surface area contributed by atoms with E-state index in [1.54, 1.807) is 12.1 Å². The molecule has 0 bridgehead atoms. The molecule has 2 aromatic carbocycles. The second-order valence-electron chi connectivity index (χ2n) is 7.67. The summed E-state index contributed by atoms with van der Waals surface area (Å²) in [6.07, 6.45) is 3.34. The minimum absolute atomic E-state index is 0.0151. The first-order valence-corrected chi connectivity index (χ1v) is 9.89. The molecule has 3 N–H and O–H groups in total. The van der Waals surface area contributed by atoms with Crippen molar-refractivity contribution in [3.05, 3.63) is 64.6 Å². The van der Waals surface area contributed by atoms with Crippen molar-refractivity contribution in [3.63, 3.8) is 0 Å². The first-order valence-electron chi connectivity index (χ1n) is 9.89. The fourth-order valence-corrected chi connectivity index (χ4v) is 4.01. The van der Waals surface area contributed by atoms with Gasteiger partial charge in [-0.3, -0.25) is 9.69 Å². The van der Waals surface area contributed by atoms with Crippen molar-refractivity contribution in [1.29, 1.82) is 0 Å². The molecular weight excluding hydrogens is 352 g/mol. The van der Waals surface area contributed by atoms with Gasteiger partial charge in [0.2, 0.25) is 5.91 Å². The van der Waals surface area contributed by atoms with E-state index in [1.807, 2.05) is 13.0 Å². The van der Waals surface area contributed by atoms with Crippen LogP contribution in [0.4, 0.5) is 5.69 Å². The fourth-order valence-electron chi connectivity index (χ4n) is 4.01. The predicted octanol–water partition coefficient (Wildman–Crippen LogP) is 3.14. The highest BCUT2D eigenvalue weighted by atomic mass is 16.2. The third kappa shape index (κ3) is 4.17. The number of aromatic nitrogens is 2. The van der Waals surface area contributed by atoms with Gasteiger partial charge in [0.1, 0.15) is 0 Å². The Bertz CT molecular complexity index is 1000. The predicted molar refractivity (Wildman–Crippen MR) is 111 cm³/mol. The van der Waals surface area contributed by atoms with Crippen molar-refractivity contribution in [2.24, 2.45) is 5.92 Å². The van der Waals surface area contributed by atoms with Crippen LogP contribution in [0.1, 0.15) is 25.3 Å². The number of amides is 1. The molecule has 1 aliphatic heterocycles. The van der Waals surface area contributed by atoms with Crippen molar-refractivity contribution < 1.29 is 4.79 Å². The number of benzene rings is 2. The number of H-pyrrole nitrogens is 2. The number of rotatable bonds is 5. The lowest BCUT2D eigenvalue weighted by Gasteiger charge is -2.35. The van der Waals surface area contributed by atoms with E-state index in [0.717, 1.165) is 37.9 Å². The molecule has 0 unspecified atom stereocenters. The van der Waals surface area contributed by atoms with Crippen LogP contribution in [0, 0.1) is 5.92 Å². The lowest BCUT2D eigenvalue weighted by Crippen LogP contribution is -2.46. The lowest BCUT2D eigenvalue weighted by molar-refractivity contribution is -0.121. The Morgan fingerprint density at radius 3 is 2.57 bits per heavy atom. The van der Waals surface area contributed by atoms with Crippen LogP contribution >= 0.6 is 0 Å². The fraction of sp³-hybridized carbons (Fsp3) is 0.364. The monoisotopic (exact) mass is 378 g/mol. The van der Waals surface area contributed by atoms with E-state index in [1.165, 1.54) is 5.56 Å². The van der Waals surface area contributed by atoms with Gasteiger partial charge in [-0.2, -0.15) is 0 Å². The number of imidazole rings is 1. The highest BCUT2D eigenvalue weighted by Gasteiger charge is 2.26. The number of aromatic amines is 2. The van der Waals surface area contributed by atoms with Crippen molar-refractivity contribution >= 4 is 22.6 Å². The van der Waals surface area contributed by atoms with E-state index < -0.39 is 0 Å². The number of nitrogens with zero attached hydrogens (tertiary/aromatic N) is 1. The Kier molecular flexibility index (Phi) is 5.30. The van der Waals surface area contributed by atoms with Crippen LogP contribution in [0.2, 0.25) is 0 Å². The second-order valence-corrected chi connectivity index (χ2v) is 7.67. The minimum Gasteiger partial charge on any atom is -0.325 e. The summed E-state index contributed by atoms with van der Waals surface area (Å²) in [4.78, 5) is 31.7. The van der Waals surface area contributed by atoms with Crippen LogP contribution < -0.4 is 11.0 Å². The molecule has 28 heavy (non-hydrogen) atoms. The van der Waals surface area contributed by atoms with E-state index in [0.29, 0.717) is 17.1 Å². The Labute approximate surface area is 164 Å². The van der Waals surface area contributed by atoms with Gasteiger partial charge in [0, 0.05) is 5.69 Å². The number of nitrogens with one attached hydrogen (secondary N) is 3. The van der Waals surface area contributed by atoms with Crippen LogP contribution in [-0.2, 0) is 11.2 Å². The van der Waals surface area contributed by atoms with Crippen LogP contribution in [0.3, 0.4) is 0 Å². The van der Waals surface area contributed by atoms with Gasteiger partial charge < -0.3 is 15.3 Å². The third-order valence-electron chi connectivity index (χ3n) is 5.73. The third-order valence-corrected chi connectivity index (χ3v) is 5.73. The van der Waals surface area contributed by atoms with Crippen molar-refractivity contribution in [3.8, 4) is 0 Å². The van der Waals surface area contributed by atoms with E-state index in [9.17, 15) is 9.59 Å². The zero-order valence-electron chi connectivity index (χ0n) is 16.1. The molecule has 6 nitrogen and oxygen atoms in total. The molecule has 1 amide bonds. The largest absolute Gasteiger partial charge is 0.325 e. The highest BCUT2D eigenvalue weighted by molar-refractivity contribution is 5.96. The molecule has 0 spiro atoms. The smallest absolute Gasteiger partial charge is 0.323 e. The number of anilines is 1. The highest BCUT2D eigenvalue weighted by Crippen LogP contribution is 2.23. The van der Waals surface area contributed by atoms with Crippen LogP contribution in [0.5, 0.6) is 0 Å². The topological polar surface area (TPSA) is 81.0 Å². The van der Waals surface area contributed by atoms with E-state index in [-0.39, 0.29) is 17.6 Å². The van der Waals surface area contributed by atoms with Gasteiger partial charge in [0.15, 0.2) is 0 Å². The molecule has 1 fully saturated rings. The number of hydrogen-bond donors (Lipinski definition) is 3. The SMILES string of the molecule is C[C@H](C(=O)Nc1ccc2[nH]c(=O)[nH]c2c1)N1CCC(Cc2ccccc2)CC1. The number of fused-ring (bicyclic) bond motifs is 1. The Balaban J connectivity index is 1.32. The molecular formula is C22H26N4O2. The van der Waals surface area contributed by atoms with Gasteiger partial charge in [-0.05, 0) is 69.0 Å². The molecule has 1 atom stereocenters. The minimum atomic E-state index is -0.245. The maximum Gasteiger partial charge on any atom is 0.323 e. The number of carbonyl (C=O) groups is 1. The van der Waals surface area contributed by atoms with E-state index in [4.69, 9.17) is 0 Å². The average Bonchev–Trinajstić information content (AvgIpc) is 3.08. The Morgan fingerprint density at radius 2 is 1.82 bits per heavy atom. The van der Waals surface area contributed by atoms with Crippen molar-refractivity contribution in [1.82, 2.24) is 14.9 Å². The van der Waals surface area contributed by atoms with Gasteiger partial charge in [-0.25, -0.2) is 4.79 Å². The van der Waals surface area contributed by atoms with Gasteiger partial charge >= 0.3 is 5.69 Å². The summed E-state index contributed by atoms with van der Waals surface area (Å²) in [6, 6.07) is 15.8. The molecule has 146 valence electrons. The molecule has 1 aromatic heterocycles. The van der Waals surface area contributed by atoms with E-state index >= 15 is 0 Å². The van der Waals surface area contributed by atoms with Crippen molar-refractivity contribution in [2.75, 3.05) is 18.4 Å². The Morgan fingerprint density at radius 1 is 1.11 bits per heavy atom. The summed E-state index contributed by atoms with van der Waals surface area (Å²) in [5.41, 5.74) is 3.27. The van der Waals surface area contributed by atoms with Crippen LogP contribution in [0.15, 0.2) is 53.3 Å². The zero-order chi connectivity index (χ0) is 19.5. The molecule has 2 heterocycles. The summed E-state index contributed by atoms with van der Waals surface area (Å²) < 4.78 is 0. The molecule has 0 saturated carbocycles. The Hall–Kier alpha value is -2.86. The molecule has 3 aromatic rings.